The molecule has 0 aliphatic carbocycles. The second-order valence-electron chi connectivity index (χ2n) is 3.18. The molecule has 1 rings (SSSR count). The van der Waals surface area contributed by atoms with E-state index in [1.165, 1.54) is 0 Å². The Morgan fingerprint density at radius 3 is 2.20 bits per heavy atom. The Kier molecular flexibility index (Phi) is 5.05. The van der Waals surface area contributed by atoms with Crippen molar-refractivity contribution in [3.63, 3.8) is 0 Å². The molecule has 1 aromatic rings. The molecule has 6 heteroatoms. The van der Waals surface area contributed by atoms with E-state index in [4.69, 9.17) is 23.2 Å². The van der Waals surface area contributed by atoms with Crippen molar-refractivity contribution in [3.8, 4) is 0 Å². The zero-order valence-electron chi connectivity index (χ0n) is 8.87. The lowest BCUT2D eigenvalue weighted by Gasteiger charge is -2.22. The molecule has 0 saturated heterocycles. The molecule has 0 bridgehead atoms. The van der Waals surface area contributed by atoms with Crippen LogP contribution in [0.4, 0.5) is 5.82 Å². The van der Waals surface area contributed by atoms with Crippen molar-refractivity contribution >= 4 is 29.0 Å². The van der Waals surface area contributed by atoms with Crippen molar-refractivity contribution in [3.05, 3.63) is 10.4 Å². The van der Waals surface area contributed by atoms with Crippen molar-refractivity contribution in [2.24, 2.45) is 0 Å². The first-order valence-corrected chi connectivity index (χ1v) is 5.75. The monoisotopic (exact) mass is 248 g/mol. The van der Waals surface area contributed by atoms with Crippen molar-refractivity contribution < 1.29 is 0 Å². The zero-order valence-corrected chi connectivity index (χ0v) is 10.4. The number of hydrogen-bond donors (Lipinski definition) is 0. The molecule has 84 valence electrons. The lowest BCUT2D eigenvalue weighted by atomic mass is 10.3. The molecule has 0 aliphatic rings. The second kappa shape index (κ2) is 6.08. The molecule has 4 nitrogen and oxygen atoms in total. The zero-order chi connectivity index (χ0) is 11.3. The van der Waals surface area contributed by atoms with Crippen LogP contribution in [-0.2, 0) is 0 Å². The lowest BCUT2D eigenvalue weighted by molar-refractivity contribution is 0.727. The highest BCUT2D eigenvalue weighted by Crippen LogP contribution is 2.21. The van der Waals surface area contributed by atoms with Gasteiger partial charge in [0.2, 0.25) is 5.28 Å². The SMILES string of the molecule is CCCN(CCC)c1nc(Cl)nnc1Cl. The van der Waals surface area contributed by atoms with Crippen molar-refractivity contribution in [2.75, 3.05) is 18.0 Å². The molecule has 0 aromatic carbocycles. The molecule has 0 N–H and O–H groups in total. The van der Waals surface area contributed by atoms with Gasteiger partial charge < -0.3 is 4.90 Å². The Hall–Kier alpha value is -0.610. The summed E-state index contributed by atoms with van der Waals surface area (Å²) in [5, 5.41) is 7.77. The van der Waals surface area contributed by atoms with Gasteiger partial charge in [-0.15, -0.1) is 10.2 Å². The smallest absolute Gasteiger partial charge is 0.245 e. The number of rotatable bonds is 5. The Balaban J connectivity index is 2.93. The first kappa shape index (κ1) is 12.5. The van der Waals surface area contributed by atoms with Gasteiger partial charge in [0.1, 0.15) is 0 Å². The summed E-state index contributed by atoms with van der Waals surface area (Å²) in [5.74, 6) is 0.625. The molecule has 0 saturated carbocycles. The van der Waals surface area contributed by atoms with Gasteiger partial charge in [0.05, 0.1) is 0 Å². The number of hydrogen-bond acceptors (Lipinski definition) is 4. The van der Waals surface area contributed by atoms with Gasteiger partial charge in [-0.3, -0.25) is 0 Å². The maximum absolute atomic E-state index is 5.93. The number of halogens is 2. The molecule has 1 heterocycles. The lowest BCUT2D eigenvalue weighted by Crippen LogP contribution is -2.26. The number of nitrogens with zero attached hydrogens (tertiary/aromatic N) is 4. The van der Waals surface area contributed by atoms with E-state index in [2.05, 4.69) is 33.9 Å². The molecule has 0 atom stereocenters. The fourth-order valence-electron chi connectivity index (χ4n) is 1.35. The van der Waals surface area contributed by atoms with Crippen LogP contribution in [0.25, 0.3) is 0 Å². The summed E-state index contributed by atoms with van der Waals surface area (Å²) in [5.41, 5.74) is 0. The third-order valence-corrected chi connectivity index (χ3v) is 2.29. The van der Waals surface area contributed by atoms with Crippen LogP contribution in [-0.4, -0.2) is 28.3 Å². The standard InChI is InChI=1S/C9H14Cl2N4/c1-3-5-15(6-4-2)8-7(10)13-14-9(11)12-8/h3-6H2,1-2H3. The largest absolute Gasteiger partial charge is 0.354 e. The second-order valence-corrected chi connectivity index (χ2v) is 3.88. The van der Waals surface area contributed by atoms with Crippen LogP contribution in [0.2, 0.25) is 10.4 Å². The van der Waals surface area contributed by atoms with Crippen molar-refractivity contribution in [1.82, 2.24) is 15.2 Å². The van der Waals surface area contributed by atoms with Gasteiger partial charge in [0.15, 0.2) is 11.0 Å². The summed E-state index contributed by atoms with van der Waals surface area (Å²) < 4.78 is 0. The van der Waals surface area contributed by atoms with E-state index in [1.54, 1.807) is 0 Å². The third kappa shape index (κ3) is 3.47. The maximum atomic E-state index is 5.93. The summed E-state index contributed by atoms with van der Waals surface area (Å²) in [4.78, 5) is 6.17. The van der Waals surface area contributed by atoms with Gasteiger partial charge in [-0.2, -0.15) is 4.98 Å². The molecule has 0 spiro atoms. The fourth-order valence-corrected chi connectivity index (χ4v) is 1.67. The van der Waals surface area contributed by atoms with E-state index < -0.39 is 0 Å². The van der Waals surface area contributed by atoms with Crippen LogP contribution < -0.4 is 4.90 Å². The van der Waals surface area contributed by atoms with Gasteiger partial charge in [0.25, 0.3) is 0 Å². The number of aromatic nitrogens is 3. The van der Waals surface area contributed by atoms with Crippen LogP contribution in [0.1, 0.15) is 26.7 Å². The minimum absolute atomic E-state index is 0.131. The van der Waals surface area contributed by atoms with E-state index in [0.717, 1.165) is 25.9 Å². The van der Waals surface area contributed by atoms with Crippen LogP contribution in [0, 0.1) is 0 Å². The Morgan fingerprint density at radius 2 is 1.67 bits per heavy atom. The molecule has 0 amide bonds. The van der Waals surface area contributed by atoms with Crippen LogP contribution in [0.5, 0.6) is 0 Å². The molecule has 1 aromatic heterocycles. The van der Waals surface area contributed by atoms with E-state index in [1.807, 2.05) is 0 Å². The first-order chi connectivity index (χ1) is 7.19. The normalized spacial score (nSPS) is 10.4. The maximum Gasteiger partial charge on any atom is 0.245 e. The summed E-state index contributed by atoms with van der Waals surface area (Å²) >= 11 is 11.6. The van der Waals surface area contributed by atoms with E-state index in [0.29, 0.717) is 11.0 Å². The predicted octanol–water partition coefficient (Wildman–Crippen LogP) is 2.80. The molecular formula is C9H14Cl2N4. The highest BCUT2D eigenvalue weighted by atomic mass is 35.5. The van der Waals surface area contributed by atoms with E-state index >= 15 is 0 Å². The summed E-state index contributed by atoms with van der Waals surface area (Å²) in [6.45, 7) is 5.99. The highest BCUT2D eigenvalue weighted by Gasteiger charge is 2.13. The summed E-state index contributed by atoms with van der Waals surface area (Å²) in [6.07, 6.45) is 2.05. The van der Waals surface area contributed by atoms with Crippen LogP contribution in [0.15, 0.2) is 0 Å². The first-order valence-electron chi connectivity index (χ1n) is 4.99. The van der Waals surface area contributed by atoms with Gasteiger partial charge in [0, 0.05) is 13.1 Å². The van der Waals surface area contributed by atoms with Crippen molar-refractivity contribution in [1.29, 1.82) is 0 Å². The molecular weight excluding hydrogens is 235 g/mol. The third-order valence-electron chi connectivity index (χ3n) is 1.89. The molecule has 0 radical (unpaired) electrons. The Morgan fingerprint density at radius 1 is 1.07 bits per heavy atom. The van der Waals surface area contributed by atoms with E-state index in [9.17, 15) is 0 Å². The minimum Gasteiger partial charge on any atom is -0.354 e. The fraction of sp³-hybridized carbons (Fsp3) is 0.667. The van der Waals surface area contributed by atoms with Crippen LogP contribution >= 0.6 is 23.2 Å². The van der Waals surface area contributed by atoms with Gasteiger partial charge in [-0.1, -0.05) is 25.4 Å². The Labute approximate surface area is 99.6 Å². The summed E-state index contributed by atoms with van der Waals surface area (Å²) in [7, 11) is 0. The Bertz CT molecular complexity index is 313. The molecule has 0 unspecified atom stereocenters. The van der Waals surface area contributed by atoms with Crippen molar-refractivity contribution in [2.45, 2.75) is 26.7 Å². The average molecular weight is 249 g/mol. The quantitative estimate of drug-likeness (QED) is 0.804. The number of anilines is 1. The van der Waals surface area contributed by atoms with Crippen LogP contribution in [0.3, 0.4) is 0 Å². The molecule has 0 fully saturated rings. The topological polar surface area (TPSA) is 41.9 Å². The van der Waals surface area contributed by atoms with E-state index in [-0.39, 0.29) is 5.28 Å². The molecule has 15 heavy (non-hydrogen) atoms. The van der Waals surface area contributed by atoms with Gasteiger partial charge >= 0.3 is 0 Å². The van der Waals surface area contributed by atoms with Gasteiger partial charge in [-0.05, 0) is 24.4 Å². The predicted molar refractivity (Wildman–Crippen MR) is 62.6 cm³/mol. The highest BCUT2D eigenvalue weighted by molar-refractivity contribution is 6.32. The molecule has 0 aliphatic heterocycles. The van der Waals surface area contributed by atoms with Gasteiger partial charge in [-0.25, -0.2) is 0 Å². The average Bonchev–Trinajstić information content (AvgIpc) is 2.21. The minimum atomic E-state index is 0.131. The summed E-state index contributed by atoms with van der Waals surface area (Å²) in [6, 6.07) is 0.